The Morgan fingerprint density at radius 2 is 1.50 bits per heavy atom. The van der Waals surface area contributed by atoms with Crippen LogP contribution in [0, 0.1) is 0 Å². The molecule has 0 unspecified atom stereocenters. The minimum absolute atomic E-state index is 0.0460. The van der Waals surface area contributed by atoms with Crippen LogP contribution in [0.15, 0.2) is 78.9 Å². The number of hydrogen-bond donors (Lipinski definition) is 1. The highest BCUT2D eigenvalue weighted by atomic mass is 16.6. The van der Waals surface area contributed by atoms with Crippen LogP contribution in [-0.2, 0) is 22.6 Å². The van der Waals surface area contributed by atoms with Gasteiger partial charge in [-0.05, 0) is 53.5 Å². The Hall–Kier alpha value is -3.60. The molecule has 1 aliphatic heterocycles. The number of ether oxygens (including phenoxy) is 1. The van der Waals surface area contributed by atoms with E-state index in [1.807, 2.05) is 47.4 Å². The summed E-state index contributed by atoms with van der Waals surface area (Å²) in [6.45, 7) is 1.01. The Bertz CT molecular complexity index is 1120. The number of nitrogens with zero attached hydrogens (tertiary/aromatic N) is 1. The molecule has 2 aliphatic rings. The van der Waals surface area contributed by atoms with Crippen molar-refractivity contribution in [3.8, 4) is 11.1 Å². The summed E-state index contributed by atoms with van der Waals surface area (Å²) in [5.41, 5.74) is 5.38. The van der Waals surface area contributed by atoms with Gasteiger partial charge in [0.1, 0.15) is 6.61 Å². The maximum atomic E-state index is 12.7. The molecule has 5 heteroatoms. The molecule has 1 saturated heterocycles. The summed E-state index contributed by atoms with van der Waals surface area (Å²) in [6, 6.07) is 26.8. The smallest absolute Gasteiger partial charge is 0.410 e. The van der Waals surface area contributed by atoms with Gasteiger partial charge in [-0.3, -0.25) is 4.79 Å². The molecule has 5 rings (SSSR count). The van der Waals surface area contributed by atoms with Crippen LogP contribution >= 0.6 is 0 Å². The lowest BCUT2D eigenvalue weighted by Gasteiger charge is -2.24. The second-order valence-electron chi connectivity index (χ2n) is 9.23. The summed E-state index contributed by atoms with van der Waals surface area (Å²) >= 11 is 0. The lowest BCUT2D eigenvalue weighted by atomic mass is 9.98. The van der Waals surface area contributed by atoms with E-state index in [9.17, 15) is 9.59 Å². The van der Waals surface area contributed by atoms with Gasteiger partial charge >= 0.3 is 6.09 Å². The standard InChI is InChI=1S/C29H30N2O3/c32-28(30-26-16-17-26)19-21-8-10-23(11-9-21)24-12-14-25(15-13-24)27-7-4-18-31(27)29(33)34-20-22-5-2-1-3-6-22/h1-3,5-6,8-15,26-27H,4,7,16-20H2,(H,30,32)/t27-/m0/s1. The highest BCUT2D eigenvalue weighted by molar-refractivity contribution is 5.79. The molecule has 2 amide bonds. The fraction of sp³-hybridized carbons (Fsp3) is 0.310. The second kappa shape index (κ2) is 10.1. The van der Waals surface area contributed by atoms with Crippen LogP contribution in [0.5, 0.6) is 0 Å². The molecule has 0 aromatic heterocycles. The number of amides is 2. The number of carbonyl (C=O) groups excluding carboxylic acids is 2. The number of likely N-dealkylation sites (tertiary alicyclic amines) is 1. The van der Waals surface area contributed by atoms with Gasteiger partial charge in [0, 0.05) is 12.6 Å². The first-order valence-corrected chi connectivity index (χ1v) is 12.1. The van der Waals surface area contributed by atoms with Gasteiger partial charge in [0.15, 0.2) is 0 Å². The SMILES string of the molecule is O=C(Cc1ccc(-c2ccc([C@@H]3CCCN3C(=O)OCc3ccccc3)cc2)cc1)NC1CC1. The van der Waals surface area contributed by atoms with Crippen molar-refractivity contribution in [2.45, 2.75) is 50.8 Å². The first-order chi connectivity index (χ1) is 16.7. The van der Waals surface area contributed by atoms with E-state index >= 15 is 0 Å². The van der Waals surface area contributed by atoms with Crippen molar-refractivity contribution in [2.24, 2.45) is 0 Å². The van der Waals surface area contributed by atoms with E-state index in [4.69, 9.17) is 4.74 Å². The Balaban J connectivity index is 1.19. The van der Waals surface area contributed by atoms with Gasteiger partial charge in [-0.2, -0.15) is 0 Å². The van der Waals surface area contributed by atoms with Gasteiger partial charge in [0.05, 0.1) is 12.5 Å². The molecule has 1 atom stereocenters. The summed E-state index contributed by atoms with van der Waals surface area (Å²) in [5.74, 6) is 0.100. The molecule has 0 spiro atoms. The molecule has 174 valence electrons. The molecule has 3 aromatic rings. The third kappa shape index (κ3) is 5.48. The van der Waals surface area contributed by atoms with E-state index in [1.165, 1.54) is 0 Å². The molecule has 5 nitrogen and oxygen atoms in total. The maximum absolute atomic E-state index is 12.7. The normalized spacial score (nSPS) is 17.4. The van der Waals surface area contributed by atoms with Gasteiger partial charge < -0.3 is 15.0 Å². The molecule has 2 fully saturated rings. The summed E-state index contributed by atoms with van der Waals surface area (Å²) < 4.78 is 5.58. The van der Waals surface area contributed by atoms with E-state index in [1.54, 1.807) is 0 Å². The fourth-order valence-corrected chi connectivity index (χ4v) is 4.54. The van der Waals surface area contributed by atoms with Gasteiger partial charge in [-0.15, -0.1) is 0 Å². The Morgan fingerprint density at radius 3 is 2.18 bits per heavy atom. The van der Waals surface area contributed by atoms with Crippen molar-refractivity contribution >= 4 is 12.0 Å². The molecule has 34 heavy (non-hydrogen) atoms. The van der Waals surface area contributed by atoms with Crippen molar-refractivity contribution in [1.82, 2.24) is 10.2 Å². The predicted octanol–water partition coefficient (Wildman–Crippen LogP) is 5.65. The van der Waals surface area contributed by atoms with Crippen LogP contribution in [0.3, 0.4) is 0 Å². The highest BCUT2D eigenvalue weighted by Crippen LogP contribution is 2.33. The van der Waals surface area contributed by atoms with Crippen LogP contribution < -0.4 is 5.32 Å². The van der Waals surface area contributed by atoms with E-state index in [0.717, 1.165) is 60.0 Å². The number of carbonyl (C=O) groups is 2. The molecule has 0 bridgehead atoms. The summed E-state index contributed by atoms with van der Waals surface area (Å²) in [4.78, 5) is 26.6. The largest absolute Gasteiger partial charge is 0.445 e. The summed E-state index contributed by atoms with van der Waals surface area (Å²) in [5, 5.41) is 3.03. The average molecular weight is 455 g/mol. The summed E-state index contributed by atoms with van der Waals surface area (Å²) in [7, 11) is 0. The van der Waals surface area contributed by atoms with E-state index in [-0.39, 0.29) is 18.0 Å². The molecule has 1 aliphatic carbocycles. The molecule has 1 N–H and O–H groups in total. The predicted molar refractivity (Wildman–Crippen MR) is 132 cm³/mol. The van der Waals surface area contributed by atoms with Crippen molar-refractivity contribution in [3.05, 3.63) is 95.6 Å². The number of hydrogen-bond acceptors (Lipinski definition) is 3. The minimum Gasteiger partial charge on any atom is -0.445 e. The van der Waals surface area contributed by atoms with Gasteiger partial charge in [-0.1, -0.05) is 78.9 Å². The molecule has 1 saturated carbocycles. The van der Waals surface area contributed by atoms with E-state index < -0.39 is 0 Å². The number of rotatable bonds is 7. The number of benzene rings is 3. The third-order valence-corrected chi connectivity index (χ3v) is 6.58. The first-order valence-electron chi connectivity index (χ1n) is 12.1. The van der Waals surface area contributed by atoms with Gasteiger partial charge in [0.25, 0.3) is 0 Å². The van der Waals surface area contributed by atoms with Crippen molar-refractivity contribution in [2.75, 3.05) is 6.54 Å². The zero-order chi connectivity index (χ0) is 23.3. The van der Waals surface area contributed by atoms with Crippen LogP contribution in [0.4, 0.5) is 4.79 Å². The topological polar surface area (TPSA) is 58.6 Å². The minimum atomic E-state index is -0.253. The summed E-state index contributed by atoms with van der Waals surface area (Å²) in [6.07, 6.45) is 4.30. The monoisotopic (exact) mass is 454 g/mol. The van der Waals surface area contributed by atoms with Gasteiger partial charge in [0.2, 0.25) is 5.91 Å². The molecular weight excluding hydrogens is 424 g/mol. The zero-order valence-electron chi connectivity index (χ0n) is 19.3. The number of nitrogens with one attached hydrogen (secondary N) is 1. The highest BCUT2D eigenvalue weighted by Gasteiger charge is 2.31. The maximum Gasteiger partial charge on any atom is 0.410 e. The van der Waals surface area contributed by atoms with E-state index in [0.29, 0.717) is 19.1 Å². The van der Waals surface area contributed by atoms with Crippen LogP contribution in [0.25, 0.3) is 11.1 Å². The van der Waals surface area contributed by atoms with E-state index in [2.05, 4.69) is 41.7 Å². The van der Waals surface area contributed by atoms with Crippen molar-refractivity contribution < 1.29 is 14.3 Å². The van der Waals surface area contributed by atoms with Crippen LogP contribution in [-0.4, -0.2) is 29.5 Å². The van der Waals surface area contributed by atoms with Crippen molar-refractivity contribution in [1.29, 1.82) is 0 Å². The molecular formula is C29H30N2O3. The zero-order valence-corrected chi connectivity index (χ0v) is 19.3. The van der Waals surface area contributed by atoms with Gasteiger partial charge in [-0.25, -0.2) is 4.79 Å². The molecule has 3 aromatic carbocycles. The third-order valence-electron chi connectivity index (χ3n) is 6.58. The quantitative estimate of drug-likeness (QED) is 0.502. The second-order valence-corrected chi connectivity index (χ2v) is 9.23. The molecule has 1 heterocycles. The Morgan fingerprint density at radius 1 is 0.824 bits per heavy atom. The lowest BCUT2D eigenvalue weighted by Crippen LogP contribution is -2.31. The first kappa shape index (κ1) is 22.2. The Kier molecular flexibility index (Phi) is 6.61. The van der Waals surface area contributed by atoms with Crippen LogP contribution in [0.2, 0.25) is 0 Å². The lowest BCUT2D eigenvalue weighted by molar-refractivity contribution is -0.120. The Labute approximate surface area is 200 Å². The van der Waals surface area contributed by atoms with Crippen LogP contribution in [0.1, 0.15) is 48.4 Å². The fourth-order valence-electron chi connectivity index (χ4n) is 4.54. The average Bonchev–Trinajstić information content (AvgIpc) is 3.54. The van der Waals surface area contributed by atoms with Crippen molar-refractivity contribution in [3.63, 3.8) is 0 Å². The molecule has 0 radical (unpaired) electrons.